The van der Waals surface area contributed by atoms with Crippen LogP contribution in [0.2, 0.25) is 0 Å². The number of aliphatic hydroxyl groups excluding tert-OH is 1. The molecule has 0 atom stereocenters. The molecule has 6 nitrogen and oxygen atoms in total. The van der Waals surface area contributed by atoms with E-state index in [1.54, 1.807) is 11.6 Å². The van der Waals surface area contributed by atoms with Gasteiger partial charge in [0.1, 0.15) is 0 Å². The van der Waals surface area contributed by atoms with Crippen LogP contribution in [0.4, 0.5) is 0 Å². The summed E-state index contributed by atoms with van der Waals surface area (Å²) in [5, 5.41) is 9.12. The largest absolute Gasteiger partial charge is 0.390 e. The SMILES string of the molecule is Cn1cc(S(=O)(=O)NCC2(C)CCOCC2)cc1CO. The molecule has 0 amide bonds. The smallest absolute Gasteiger partial charge is 0.242 e. The van der Waals surface area contributed by atoms with Gasteiger partial charge in [-0.15, -0.1) is 0 Å². The van der Waals surface area contributed by atoms with Crippen molar-refractivity contribution in [3.63, 3.8) is 0 Å². The van der Waals surface area contributed by atoms with Crippen molar-refractivity contribution in [2.24, 2.45) is 12.5 Å². The predicted molar refractivity (Wildman–Crippen MR) is 74.7 cm³/mol. The van der Waals surface area contributed by atoms with E-state index in [0.717, 1.165) is 12.8 Å². The molecular formula is C13H22N2O4S. The Labute approximate surface area is 119 Å². The molecule has 0 aliphatic carbocycles. The molecule has 0 saturated carbocycles. The number of hydrogen-bond donors (Lipinski definition) is 2. The summed E-state index contributed by atoms with van der Waals surface area (Å²) in [5.74, 6) is 0. The van der Waals surface area contributed by atoms with Gasteiger partial charge >= 0.3 is 0 Å². The Balaban J connectivity index is 2.06. The molecule has 2 rings (SSSR count). The summed E-state index contributed by atoms with van der Waals surface area (Å²) in [7, 11) is -1.82. The molecule has 0 unspecified atom stereocenters. The first-order valence-corrected chi connectivity index (χ1v) is 8.18. The molecular weight excluding hydrogens is 280 g/mol. The number of ether oxygens (including phenoxy) is 1. The maximum Gasteiger partial charge on any atom is 0.242 e. The van der Waals surface area contributed by atoms with E-state index in [1.165, 1.54) is 12.3 Å². The number of aryl methyl sites for hydroxylation is 1. The summed E-state index contributed by atoms with van der Waals surface area (Å²) in [5.41, 5.74) is 0.516. The lowest BCUT2D eigenvalue weighted by atomic mass is 9.83. The predicted octanol–water partition coefficient (Wildman–Crippen LogP) is 0.612. The molecule has 2 N–H and O–H groups in total. The van der Waals surface area contributed by atoms with Crippen molar-refractivity contribution in [2.75, 3.05) is 19.8 Å². The van der Waals surface area contributed by atoms with Crippen LogP contribution in [0.15, 0.2) is 17.2 Å². The average molecular weight is 302 g/mol. The molecule has 1 aromatic rings. The lowest BCUT2D eigenvalue weighted by Gasteiger charge is -2.33. The van der Waals surface area contributed by atoms with Crippen LogP contribution in [0.25, 0.3) is 0 Å². The highest BCUT2D eigenvalue weighted by Crippen LogP contribution is 2.29. The van der Waals surface area contributed by atoms with Crippen LogP contribution >= 0.6 is 0 Å². The third-order valence-corrected chi connectivity index (χ3v) is 5.31. The van der Waals surface area contributed by atoms with Crippen molar-refractivity contribution in [3.8, 4) is 0 Å². The van der Waals surface area contributed by atoms with Crippen LogP contribution in [-0.2, 0) is 28.4 Å². The Hall–Kier alpha value is -0.890. The second-order valence-corrected chi connectivity index (χ2v) is 7.45. The maximum absolute atomic E-state index is 12.3. The third-order valence-electron chi connectivity index (χ3n) is 3.94. The number of aliphatic hydroxyl groups is 1. The fourth-order valence-electron chi connectivity index (χ4n) is 2.27. The van der Waals surface area contributed by atoms with Gasteiger partial charge in [0.2, 0.25) is 10.0 Å². The molecule has 1 aliphatic rings. The summed E-state index contributed by atoms with van der Waals surface area (Å²) in [6.45, 7) is 3.65. The second-order valence-electron chi connectivity index (χ2n) is 5.68. The molecule has 7 heteroatoms. The quantitative estimate of drug-likeness (QED) is 0.835. The van der Waals surface area contributed by atoms with E-state index < -0.39 is 10.0 Å². The van der Waals surface area contributed by atoms with Crippen LogP contribution in [0.1, 0.15) is 25.5 Å². The molecule has 0 spiro atoms. The Bertz CT molecular complexity index is 559. The van der Waals surface area contributed by atoms with Crippen LogP contribution < -0.4 is 4.72 Å². The lowest BCUT2D eigenvalue weighted by Crippen LogP contribution is -2.39. The van der Waals surface area contributed by atoms with Gasteiger partial charge in [-0.2, -0.15) is 0 Å². The van der Waals surface area contributed by atoms with E-state index in [-0.39, 0.29) is 16.9 Å². The Kier molecular flexibility index (Phi) is 4.53. The van der Waals surface area contributed by atoms with Crippen molar-refractivity contribution >= 4 is 10.0 Å². The normalized spacial score (nSPS) is 19.1. The van der Waals surface area contributed by atoms with Crippen molar-refractivity contribution < 1.29 is 18.3 Å². The molecule has 1 saturated heterocycles. The summed E-state index contributed by atoms with van der Waals surface area (Å²) < 4.78 is 34.1. The molecule has 20 heavy (non-hydrogen) atoms. The van der Waals surface area contributed by atoms with Gasteiger partial charge in [-0.25, -0.2) is 13.1 Å². The first-order chi connectivity index (χ1) is 9.36. The van der Waals surface area contributed by atoms with Gasteiger partial charge in [0.05, 0.1) is 11.5 Å². The molecule has 1 fully saturated rings. The van der Waals surface area contributed by atoms with Crippen LogP contribution in [-0.4, -0.2) is 37.8 Å². The average Bonchev–Trinajstić information content (AvgIpc) is 2.80. The summed E-state index contributed by atoms with van der Waals surface area (Å²) >= 11 is 0. The second kappa shape index (κ2) is 5.85. The van der Waals surface area contributed by atoms with E-state index in [1.807, 2.05) is 0 Å². The van der Waals surface area contributed by atoms with E-state index in [2.05, 4.69) is 11.6 Å². The number of sulfonamides is 1. The Morgan fingerprint density at radius 2 is 2.10 bits per heavy atom. The van der Waals surface area contributed by atoms with E-state index >= 15 is 0 Å². The zero-order valence-corrected chi connectivity index (χ0v) is 12.7. The Morgan fingerprint density at radius 3 is 2.65 bits per heavy atom. The van der Waals surface area contributed by atoms with E-state index in [0.29, 0.717) is 25.5 Å². The molecule has 1 aromatic heterocycles. The number of hydrogen-bond acceptors (Lipinski definition) is 4. The fourth-order valence-corrected chi connectivity index (χ4v) is 3.57. The van der Waals surface area contributed by atoms with E-state index in [4.69, 9.17) is 9.84 Å². The van der Waals surface area contributed by atoms with Gasteiger partial charge in [0.25, 0.3) is 0 Å². The minimum Gasteiger partial charge on any atom is -0.390 e. The highest BCUT2D eigenvalue weighted by molar-refractivity contribution is 7.89. The van der Waals surface area contributed by atoms with Crippen molar-refractivity contribution in [1.82, 2.24) is 9.29 Å². The van der Waals surface area contributed by atoms with Gasteiger partial charge < -0.3 is 14.4 Å². The molecule has 0 aromatic carbocycles. The topological polar surface area (TPSA) is 80.6 Å². The Morgan fingerprint density at radius 1 is 1.45 bits per heavy atom. The monoisotopic (exact) mass is 302 g/mol. The van der Waals surface area contributed by atoms with Crippen molar-refractivity contribution in [2.45, 2.75) is 31.3 Å². The molecule has 1 aliphatic heterocycles. The summed E-state index contributed by atoms with van der Waals surface area (Å²) in [6.07, 6.45) is 3.22. The number of rotatable bonds is 5. The summed E-state index contributed by atoms with van der Waals surface area (Å²) in [4.78, 5) is 0.194. The molecule has 114 valence electrons. The standard InChI is InChI=1S/C13H22N2O4S/c1-13(3-5-19-6-4-13)10-14-20(17,18)12-7-11(9-16)15(2)8-12/h7-8,14,16H,3-6,9-10H2,1-2H3. The van der Waals surface area contributed by atoms with Crippen molar-refractivity contribution in [3.05, 3.63) is 18.0 Å². The highest BCUT2D eigenvalue weighted by Gasteiger charge is 2.29. The fraction of sp³-hybridized carbons (Fsp3) is 0.692. The first-order valence-electron chi connectivity index (χ1n) is 6.70. The third kappa shape index (κ3) is 3.41. The van der Waals surface area contributed by atoms with Crippen LogP contribution in [0.3, 0.4) is 0 Å². The minimum absolute atomic E-state index is 0.0556. The maximum atomic E-state index is 12.3. The zero-order chi connectivity index (χ0) is 14.8. The molecule has 0 radical (unpaired) electrons. The van der Waals surface area contributed by atoms with E-state index in [9.17, 15) is 8.42 Å². The van der Waals surface area contributed by atoms with Gasteiger partial charge in [-0.3, -0.25) is 0 Å². The lowest BCUT2D eigenvalue weighted by molar-refractivity contribution is 0.0265. The van der Waals surface area contributed by atoms with Gasteiger partial charge in [-0.1, -0.05) is 6.92 Å². The zero-order valence-electron chi connectivity index (χ0n) is 11.9. The minimum atomic E-state index is -3.53. The molecule has 2 heterocycles. The van der Waals surface area contributed by atoms with Gasteiger partial charge in [0, 0.05) is 38.7 Å². The molecule has 0 bridgehead atoms. The van der Waals surface area contributed by atoms with Crippen LogP contribution in [0, 0.1) is 5.41 Å². The number of nitrogens with zero attached hydrogens (tertiary/aromatic N) is 1. The number of nitrogens with one attached hydrogen (secondary N) is 1. The highest BCUT2D eigenvalue weighted by atomic mass is 32.2. The number of aromatic nitrogens is 1. The first kappa shape index (κ1) is 15.5. The van der Waals surface area contributed by atoms with Gasteiger partial charge in [-0.05, 0) is 24.3 Å². The summed E-state index contributed by atoms with van der Waals surface area (Å²) in [6, 6.07) is 1.49. The van der Waals surface area contributed by atoms with Crippen LogP contribution in [0.5, 0.6) is 0 Å². The van der Waals surface area contributed by atoms with Gasteiger partial charge in [0.15, 0.2) is 0 Å². The van der Waals surface area contributed by atoms with Crippen molar-refractivity contribution in [1.29, 1.82) is 0 Å².